The third kappa shape index (κ3) is 43.8. The predicted molar refractivity (Wildman–Crippen MR) is 508 cm³/mol. The number of aliphatic hydroxyl groups is 5. The van der Waals surface area contributed by atoms with Gasteiger partial charge in [-0.1, -0.05) is 149 Å². The van der Waals surface area contributed by atoms with Crippen LogP contribution in [0.1, 0.15) is 129 Å². The summed E-state index contributed by atoms with van der Waals surface area (Å²) in [5.74, 6) is -23.2. The van der Waals surface area contributed by atoms with Gasteiger partial charge in [0.2, 0.25) is 106 Å². The number of nitrogens with two attached hydrogens (primary N) is 5. The lowest BCUT2D eigenvalue weighted by Gasteiger charge is -2.29. The average molecular weight is 1980 g/mol. The smallest absolute Gasteiger partial charge is 0.325 e. The number of aliphatic hydroxyl groups excluding tert-OH is 5. The summed E-state index contributed by atoms with van der Waals surface area (Å²) in [6, 6.07) is 4.29. The van der Waals surface area contributed by atoms with Crippen molar-refractivity contribution in [1.29, 1.82) is 10.8 Å². The summed E-state index contributed by atoms with van der Waals surface area (Å²) < 4.78 is 0. The maximum absolute atomic E-state index is 15.2. The third-order valence-electron chi connectivity index (χ3n) is 21.4. The number of primary amides is 2. The van der Waals surface area contributed by atoms with E-state index in [0.29, 0.717) is 22.3 Å². The number of carbonyl (C=O) groups is 19. The molecule has 50 nitrogen and oxygen atoms in total. The number of carboxylic acids is 1. The topological polar surface area (TPSA) is 840 Å². The molecule has 0 fully saturated rings. The van der Waals surface area contributed by atoms with Crippen molar-refractivity contribution in [2.24, 2.45) is 40.5 Å². The van der Waals surface area contributed by atoms with Crippen LogP contribution in [0, 0.1) is 22.7 Å². The molecule has 0 aliphatic heterocycles. The van der Waals surface area contributed by atoms with Crippen LogP contribution in [-0.4, -0.2) is 303 Å². The van der Waals surface area contributed by atoms with Crippen molar-refractivity contribution in [3.8, 4) is 0 Å². The van der Waals surface area contributed by atoms with Gasteiger partial charge in [-0.05, 0) is 99.8 Å². The molecule has 0 saturated heterocycles. The first-order valence-corrected chi connectivity index (χ1v) is 45.5. The van der Waals surface area contributed by atoms with Crippen LogP contribution in [0.25, 0.3) is 0 Å². The van der Waals surface area contributed by atoms with E-state index in [1.165, 1.54) is 0 Å². The first-order valence-electron chi connectivity index (χ1n) is 45.5. The molecule has 50 heteroatoms. The van der Waals surface area contributed by atoms with Crippen LogP contribution in [0.2, 0.25) is 0 Å². The molecule has 4 aromatic rings. The Morgan fingerprint density at radius 1 is 0.305 bits per heavy atom. The highest BCUT2D eigenvalue weighted by molar-refractivity contribution is 6.02. The average Bonchev–Trinajstić information content (AvgIpc) is 0.831. The summed E-state index contributed by atoms with van der Waals surface area (Å²) in [7, 11) is 0. The maximum Gasteiger partial charge on any atom is 0.325 e. The minimum Gasteiger partial charge on any atom is -0.480 e. The summed E-state index contributed by atoms with van der Waals surface area (Å²) in [6.07, 6.45) is -7.97. The number of aliphatic carboxylic acids is 1. The van der Waals surface area contributed by atoms with Crippen molar-refractivity contribution >= 4 is 124 Å². The lowest BCUT2D eigenvalue weighted by molar-refractivity contribution is -0.142. The molecular formula is C91H135N25O25. The van der Waals surface area contributed by atoms with Crippen molar-refractivity contribution in [3.05, 3.63) is 144 Å². The van der Waals surface area contributed by atoms with E-state index in [9.17, 15) is 97.8 Å². The summed E-state index contributed by atoms with van der Waals surface area (Å²) in [4.78, 5) is 265. The zero-order chi connectivity index (χ0) is 105. The zero-order valence-electron chi connectivity index (χ0n) is 79.4. The maximum atomic E-state index is 15.2. The van der Waals surface area contributed by atoms with Gasteiger partial charge in [0.25, 0.3) is 0 Å². The van der Waals surface area contributed by atoms with Crippen LogP contribution < -0.4 is 124 Å². The second-order valence-electron chi connectivity index (χ2n) is 34.3. The molecule has 36 N–H and O–H groups in total. The van der Waals surface area contributed by atoms with Crippen LogP contribution in [0.3, 0.4) is 0 Å². The Morgan fingerprint density at radius 3 is 0.851 bits per heavy atom. The van der Waals surface area contributed by atoms with E-state index in [-0.39, 0.29) is 76.8 Å². The Kier molecular flexibility index (Phi) is 51.6. The molecule has 4 rings (SSSR count). The van der Waals surface area contributed by atoms with Gasteiger partial charge < -0.3 is 155 Å². The van der Waals surface area contributed by atoms with Gasteiger partial charge in [-0.15, -0.1) is 0 Å². The van der Waals surface area contributed by atoms with Crippen molar-refractivity contribution < 1.29 is 122 Å². The van der Waals surface area contributed by atoms with Gasteiger partial charge in [-0.2, -0.15) is 0 Å². The zero-order valence-corrected chi connectivity index (χ0v) is 79.4. The SMILES string of the molecule is CC(C)C[C@H](NC(=O)[C@H](CO)NC(=O)CN)C(=O)N[C@@H](CO)C(=O)N[C@H](C(=O)N[C@@H](Cc1ccccc1)C(=O)N[C@@H](Cc1ccccc1)C(=O)N[C@@H](CCCNC(=N)N)C(=O)N[C@@H](CC(C)C)C(=O)N[C@@H](Cc1ccccc1)C(=O)N[C@@H](CC(N)=O)C(=O)N[C@@H](CCCNC(=N)N)C(=O)N[C@@H](CO)C(=O)N[C@@H](Cc1ccccc1)C(=O)N[C@H](C(=O)N[C@@H](CCC(N)=O)C(=O)N[C@@H](C)C(=O)O)[C@@H](C)O)[C@@H](C)O. The van der Waals surface area contributed by atoms with Gasteiger partial charge in [0.1, 0.15) is 96.7 Å². The van der Waals surface area contributed by atoms with Crippen LogP contribution in [0.15, 0.2) is 121 Å². The molecule has 0 radical (unpaired) electrons. The molecule has 0 aromatic heterocycles. The monoisotopic (exact) mass is 1980 g/mol. The Hall–Kier alpha value is -14.9. The Morgan fingerprint density at radius 2 is 0.553 bits per heavy atom. The normalized spacial score (nSPS) is 14.9. The van der Waals surface area contributed by atoms with Crippen LogP contribution in [0.4, 0.5) is 0 Å². The minimum absolute atomic E-state index is 0.0231. The van der Waals surface area contributed by atoms with Crippen LogP contribution in [-0.2, 0) is 117 Å². The number of guanidine groups is 2. The predicted octanol–water partition coefficient (Wildman–Crippen LogP) is -9.72. The Balaban J connectivity index is 1.71. The highest BCUT2D eigenvalue weighted by atomic mass is 16.4. The highest BCUT2D eigenvalue weighted by Gasteiger charge is 2.41. The number of amides is 18. The van der Waals surface area contributed by atoms with E-state index in [2.05, 4.69) is 95.7 Å². The summed E-state index contributed by atoms with van der Waals surface area (Å²) in [5, 5.41) is 122. The molecule has 0 spiro atoms. The Bertz CT molecular complexity index is 4870. The van der Waals surface area contributed by atoms with E-state index in [1.807, 2.05) is 0 Å². The molecule has 0 aliphatic carbocycles. The van der Waals surface area contributed by atoms with Gasteiger partial charge in [-0.25, -0.2) is 0 Å². The molecule has 141 heavy (non-hydrogen) atoms. The van der Waals surface area contributed by atoms with E-state index in [1.54, 1.807) is 149 Å². The summed E-state index contributed by atoms with van der Waals surface area (Å²) in [5.41, 5.74) is 29.1. The van der Waals surface area contributed by atoms with E-state index in [4.69, 9.17) is 39.5 Å². The lowest BCUT2D eigenvalue weighted by atomic mass is 9.99. The minimum atomic E-state index is -2.01. The molecule has 18 amide bonds. The number of hydrogen-bond donors (Lipinski definition) is 31. The fraction of sp³-hybridized carbons (Fsp3) is 0.505. The summed E-state index contributed by atoms with van der Waals surface area (Å²) in [6.45, 7) is 6.04. The number of carboxylic acid groups (broad SMARTS) is 1. The lowest BCUT2D eigenvalue weighted by Crippen LogP contribution is -2.63. The first-order chi connectivity index (χ1) is 66.7. The van der Waals surface area contributed by atoms with Gasteiger partial charge in [0.15, 0.2) is 11.9 Å². The second kappa shape index (κ2) is 61.4. The molecule has 18 atom stereocenters. The molecule has 0 heterocycles. The number of rotatable bonds is 63. The van der Waals surface area contributed by atoms with Gasteiger partial charge >= 0.3 is 5.97 Å². The van der Waals surface area contributed by atoms with Gasteiger partial charge in [-0.3, -0.25) is 102 Å². The standard InChI is InChI=1S/C91H135N25O25/c1-47(2)36-59(106-75(126)56(30-20-34-99-90(95)96)103-79(130)61(38-52-22-12-8-13-23-52)109-81(132)63(40-54-26-16-10-17-27-54)112-88(139)73(51(7)121)116-86(137)68(46-119)114-78(129)60(37-48(3)4)107-84(135)66(44-117)102-71(124)43-92)77(128)108-62(39-53-24-14-9-15-25-53)80(131)111-65(42-70(94)123)82(133)104-57(31-21-35-100-91(97)98)76(127)113-67(45-118)85(136)110-64(41-55-28-18-11-19-29-55)83(134)115-72(50(6)120)87(138)105-58(32-33-69(93)122)74(125)101-49(5)89(140)141/h8-19,22-29,47-51,56-68,72-73,117-121H,20-21,30-46,92H2,1-7H3,(H2,93,122)(H2,94,123)(H,101,125)(H,102,124)(H,103,130)(H,104,133)(H,105,138)(H,106,126)(H,107,135)(H,108,128)(H,109,132)(H,110,136)(H,111,131)(H,112,139)(H,113,127)(H,114,129)(H,115,134)(H,116,137)(H,140,141)(H4,95,96,99)(H4,97,98,100)/t49-,50+,51+,56-,57-,58-,59-,60-,61-,62-,63-,64-,65-,66-,67-,68-,72-,73-/m0/s1. The van der Waals surface area contributed by atoms with Crippen molar-refractivity contribution in [2.45, 2.75) is 241 Å². The molecule has 0 aliphatic rings. The number of hydrogen-bond acceptors (Lipinski definition) is 27. The molecule has 0 unspecified atom stereocenters. The van der Waals surface area contributed by atoms with Crippen molar-refractivity contribution in [3.63, 3.8) is 0 Å². The Labute approximate surface area is 813 Å². The first kappa shape index (κ1) is 118. The number of carbonyl (C=O) groups excluding carboxylic acids is 18. The van der Waals surface area contributed by atoms with Crippen molar-refractivity contribution in [2.75, 3.05) is 39.5 Å². The van der Waals surface area contributed by atoms with E-state index >= 15 is 24.0 Å². The van der Waals surface area contributed by atoms with Crippen LogP contribution in [0.5, 0.6) is 0 Å². The second-order valence-corrected chi connectivity index (χ2v) is 34.3. The molecular weight excluding hydrogens is 1840 g/mol. The number of benzene rings is 4. The fourth-order valence-electron chi connectivity index (χ4n) is 14.0. The largest absolute Gasteiger partial charge is 0.480 e. The van der Waals surface area contributed by atoms with E-state index < -0.39 is 291 Å². The molecule has 4 aromatic carbocycles. The summed E-state index contributed by atoms with van der Waals surface area (Å²) >= 11 is 0. The van der Waals surface area contributed by atoms with Gasteiger partial charge in [0, 0.05) is 45.2 Å². The molecule has 0 bridgehead atoms. The highest BCUT2D eigenvalue weighted by Crippen LogP contribution is 2.17. The molecule has 0 saturated carbocycles. The van der Waals surface area contributed by atoms with Crippen molar-refractivity contribution in [1.82, 2.24) is 95.7 Å². The fourth-order valence-corrected chi connectivity index (χ4v) is 14.0. The number of nitrogens with one attached hydrogen (secondary N) is 20. The third-order valence-corrected chi connectivity index (χ3v) is 21.4. The quantitative estimate of drug-likeness (QED) is 0.0111. The van der Waals surface area contributed by atoms with Crippen LogP contribution >= 0.6 is 0 Å². The van der Waals surface area contributed by atoms with E-state index in [0.717, 1.165) is 20.8 Å². The van der Waals surface area contributed by atoms with Gasteiger partial charge in [0.05, 0.1) is 45.0 Å². The molecule has 774 valence electrons.